The Kier molecular flexibility index (Phi) is 2.71. The standard InChI is InChI=1S/C12H18N2O/c1-13-11-7-4-9(14(2)3)8-12(11)15-10-5-6-10/h4,7-8,10,13H,5-6H2,1-3H3. The predicted octanol–water partition coefficient (Wildman–Crippen LogP) is 2.34. The number of anilines is 2. The van der Waals surface area contributed by atoms with Crippen LogP contribution in [0.25, 0.3) is 0 Å². The van der Waals surface area contributed by atoms with Crippen LogP contribution in [0.5, 0.6) is 5.75 Å². The Morgan fingerprint density at radius 1 is 1.33 bits per heavy atom. The number of ether oxygens (including phenoxy) is 1. The summed E-state index contributed by atoms with van der Waals surface area (Å²) < 4.78 is 5.85. The average molecular weight is 206 g/mol. The Morgan fingerprint density at radius 3 is 2.60 bits per heavy atom. The lowest BCUT2D eigenvalue weighted by molar-refractivity contribution is 0.305. The number of hydrogen-bond acceptors (Lipinski definition) is 3. The van der Waals surface area contributed by atoms with E-state index in [4.69, 9.17) is 4.74 Å². The summed E-state index contributed by atoms with van der Waals surface area (Å²) in [4.78, 5) is 2.08. The van der Waals surface area contributed by atoms with Crippen LogP contribution in [-0.4, -0.2) is 27.2 Å². The van der Waals surface area contributed by atoms with E-state index in [0.717, 1.165) is 11.4 Å². The van der Waals surface area contributed by atoms with Crippen LogP contribution < -0.4 is 15.0 Å². The molecular formula is C12H18N2O. The second-order valence-electron chi connectivity index (χ2n) is 4.14. The largest absolute Gasteiger partial charge is 0.488 e. The van der Waals surface area contributed by atoms with Gasteiger partial charge in [-0.15, -0.1) is 0 Å². The summed E-state index contributed by atoms with van der Waals surface area (Å²) in [6.07, 6.45) is 2.82. The van der Waals surface area contributed by atoms with Gasteiger partial charge >= 0.3 is 0 Å². The minimum absolute atomic E-state index is 0.439. The highest BCUT2D eigenvalue weighted by molar-refractivity contribution is 5.64. The molecule has 1 aromatic rings. The highest BCUT2D eigenvalue weighted by atomic mass is 16.5. The van der Waals surface area contributed by atoms with Gasteiger partial charge in [0.1, 0.15) is 5.75 Å². The van der Waals surface area contributed by atoms with Crippen molar-refractivity contribution in [3.8, 4) is 5.75 Å². The number of nitrogens with zero attached hydrogens (tertiary/aromatic N) is 1. The maximum Gasteiger partial charge on any atom is 0.144 e. The SMILES string of the molecule is CNc1ccc(N(C)C)cc1OC1CC1. The fourth-order valence-electron chi connectivity index (χ4n) is 1.46. The second kappa shape index (κ2) is 4.01. The van der Waals surface area contributed by atoms with Gasteiger partial charge in [0.05, 0.1) is 11.8 Å². The fraction of sp³-hybridized carbons (Fsp3) is 0.500. The summed E-state index contributed by atoms with van der Waals surface area (Å²) in [6, 6.07) is 6.24. The molecule has 0 radical (unpaired) electrons. The first-order valence-electron chi connectivity index (χ1n) is 5.36. The lowest BCUT2D eigenvalue weighted by atomic mass is 10.2. The van der Waals surface area contributed by atoms with Gasteiger partial charge in [0.25, 0.3) is 0 Å². The highest BCUT2D eigenvalue weighted by Crippen LogP contribution is 2.34. The Bertz CT molecular complexity index is 345. The van der Waals surface area contributed by atoms with E-state index in [2.05, 4.69) is 28.4 Å². The molecule has 3 heteroatoms. The molecule has 1 saturated carbocycles. The molecule has 1 fully saturated rings. The number of nitrogens with one attached hydrogen (secondary N) is 1. The Labute approximate surface area is 91.0 Å². The van der Waals surface area contributed by atoms with Gasteiger partial charge in [-0.2, -0.15) is 0 Å². The minimum atomic E-state index is 0.439. The summed E-state index contributed by atoms with van der Waals surface area (Å²) >= 11 is 0. The summed E-state index contributed by atoms with van der Waals surface area (Å²) in [5, 5.41) is 3.15. The summed E-state index contributed by atoms with van der Waals surface area (Å²) in [6.45, 7) is 0. The first kappa shape index (κ1) is 10.1. The summed E-state index contributed by atoms with van der Waals surface area (Å²) in [5.41, 5.74) is 2.23. The third-order valence-corrected chi connectivity index (χ3v) is 2.57. The zero-order chi connectivity index (χ0) is 10.8. The summed E-state index contributed by atoms with van der Waals surface area (Å²) in [7, 11) is 6.00. The van der Waals surface area contributed by atoms with Crippen molar-refractivity contribution in [2.45, 2.75) is 18.9 Å². The van der Waals surface area contributed by atoms with Gasteiger partial charge in [0.15, 0.2) is 0 Å². The van der Waals surface area contributed by atoms with Crippen molar-refractivity contribution in [3.05, 3.63) is 18.2 Å². The van der Waals surface area contributed by atoms with Crippen molar-refractivity contribution in [2.75, 3.05) is 31.4 Å². The van der Waals surface area contributed by atoms with Crippen LogP contribution in [0.3, 0.4) is 0 Å². The van der Waals surface area contributed by atoms with Crippen molar-refractivity contribution in [1.82, 2.24) is 0 Å². The molecule has 0 aliphatic heterocycles. The van der Waals surface area contributed by atoms with Crippen LogP contribution in [0, 0.1) is 0 Å². The number of hydrogen-bond donors (Lipinski definition) is 1. The molecule has 0 unspecified atom stereocenters. The van der Waals surface area contributed by atoms with Crippen molar-refractivity contribution in [2.24, 2.45) is 0 Å². The zero-order valence-electron chi connectivity index (χ0n) is 9.58. The maximum absolute atomic E-state index is 5.85. The monoisotopic (exact) mass is 206 g/mol. The van der Waals surface area contributed by atoms with E-state index in [1.165, 1.54) is 18.5 Å². The number of rotatable bonds is 4. The van der Waals surface area contributed by atoms with Gasteiger partial charge in [-0.1, -0.05) is 0 Å². The maximum atomic E-state index is 5.85. The van der Waals surface area contributed by atoms with Gasteiger partial charge < -0.3 is 15.0 Å². The molecule has 0 bridgehead atoms. The molecule has 2 rings (SSSR count). The van der Waals surface area contributed by atoms with Gasteiger partial charge in [-0.25, -0.2) is 0 Å². The molecule has 1 aliphatic rings. The van der Waals surface area contributed by atoms with Gasteiger partial charge in [0, 0.05) is 32.9 Å². The molecule has 0 spiro atoms. The van der Waals surface area contributed by atoms with Crippen molar-refractivity contribution < 1.29 is 4.74 Å². The molecule has 82 valence electrons. The Hall–Kier alpha value is -1.38. The second-order valence-corrected chi connectivity index (χ2v) is 4.14. The highest BCUT2D eigenvalue weighted by Gasteiger charge is 2.24. The molecule has 1 aromatic carbocycles. The molecule has 1 N–H and O–H groups in total. The Morgan fingerprint density at radius 2 is 2.07 bits per heavy atom. The van der Waals surface area contributed by atoms with E-state index < -0.39 is 0 Å². The van der Waals surface area contributed by atoms with E-state index in [1.54, 1.807) is 0 Å². The third kappa shape index (κ3) is 2.35. The van der Waals surface area contributed by atoms with Crippen LogP contribution >= 0.6 is 0 Å². The molecule has 0 aromatic heterocycles. The van der Waals surface area contributed by atoms with Gasteiger partial charge in [-0.3, -0.25) is 0 Å². The van der Waals surface area contributed by atoms with E-state index in [-0.39, 0.29) is 0 Å². The average Bonchev–Trinajstić information content (AvgIpc) is 3.01. The van der Waals surface area contributed by atoms with Gasteiger partial charge in [0.2, 0.25) is 0 Å². The molecule has 0 saturated heterocycles. The van der Waals surface area contributed by atoms with E-state index in [0.29, 0.717) is 6.10 Å². The molecule has 0 amide bonds. The van der Waals surface area contributed by atoms with Crippen LogP contribution in [0.2, 0.25) is 0 Å². The van der Waals surface area contributed by atoms with E-state index in [9.17, 15) is 0 Å². The zero-order valence-corrected chi connectivity index (χ0v) is 9.58. The quantitative estimate of drug-likeness (QED) is 0.818. The first-order chi connectivity index (χ1) is 7.20. The number of benzene rings is 1. The lowest BCUT2D eigenvalue weighted by Crippen LogP contribution is -2.09. The molecular weight excluding hydrogens is 188 g/mol. The molecule has 3 nitrogen and oxygen atoms in total. The van der Waals surface area contributed by atoms with E-state index in [1.807, 2.05) is 21.1 Å². The van der Waals surface area contributed by atoms with Crippen molar-refractivity contribution >= 4 is 11.4 Å². The van der Waals surface area contributed by atoms with Crippen molar-refractivity contribution in [1.29, 1.82) is 0 Å². The smallest absolute Gasteiger partial charge is 0.144 e. The molecule has 0 atom stereocenters. The van der Waals surface area contributed by atoms with Crippen molar-refractivity contribution in [3.63, 3.8) is 0 Å². The molecule has 15 heavy (non-hydrogen) atoms. The lowest BCUT2D eigenvalue weighted by Gasteiger charge is -2.16. The third-order valence-electron chi connectivity index (χ3n) is 2.57. The topological polar surface area (TPSA) is 24.5 Å². The van der Waals surface area contributed by atoms with Crippen LogP contribution in [-0.2, 0) is 0 Å². The van der Waals surface area contributed by atoms with Gasteiger partial charge in [-0.05, 0) is 25.0 Å². The Balaban J connectivity index is 2.24. The van der Waals surface area contributed by atoms with Crippen LogP contribution in [0.1, 0.15) is 12.8 Å². The predicted molar refractivity (Wildman–Crippen MR) is 64.0 cm³/mol. The van der Waals surface area contributed by atoms with Crippen LogP contribution in [0.15, 0.2) is 18.2 Å². The van der Waals surface area contributed by atoms with E-state index >= 15 is 0 Å². The first-order valence-corrected chi connectivity index (χ1v) is 5.36. The van der Waals surface area contributed by atoms with Crippen LogP contribution in [0.4, 0.5) is 11.4 Å². The normalized spacial score (nSPS) is 14.9. The molecule has 0 heterocycles. The molecule has 1 aliphatic carbocycles. The fourth-order valence-corrected chi connectivity index (χ4v) is 1.46. The summed E-state index contributed by atoms with van der Waals surface area (Å²) in [5.74, 6) is 0.964. The minimum Gasteiger partial charge on any atom is -0.488 e.